The Morgan fingerprint density at radius 1 is 0.788 bits per heavy atom. The summed E-state index contributed by atoms with van der Waals surface area (Å²) in [6.45, 7) is 3.14. The van der Waals surface area contributed by atoms with E-state index in [9.17, 15) is 9.59 Å². The van der Waals surface area contributed by atoms with Crippen LogP contribution in [0.2, 0.25) is 0 Å². The van der Waals surface area contributed by atoms with Gasteiger partial charge < -0.3 is 10.2 Å². The number of benzene rings is 3. The zero-order valence-electron chi connectivity index (χ0n) is 18.6. The number of thioether (sulfide) groups is 1. The van der Waals surface area contributed by atoms with Crippen molar-refractivity contribution in [1.29, 1.82) is 0 Å². The monoisotopic (exact) mass is 459 g/mol. The van der Waals surface area contributed by atoms with Crippen LogP contribution in [-0.4, -0.2) is 54.3 Å². The number of hydrogen-bond donors (Lipinski definition) is 1. The molecule has 0 aliphatic carbocycles. The molecule has 1 atom stereocenters. The molecular formula is C27H29N3O2S. The van der Waals surface area contributed by atoms with Crippen LogP contribution in [0, 0.1) is 0 Å². The molecule has 2 amide bonds. The first-order valence-electron chi connectivity index (χ1n) is 11.3. The van der Waals surface area contributed by atoms with Gasteiger partial charge in [-0.25, -0.2) is 0 Å². The Labute approximate surface area is 199 Å². The normalized spacial score (nSPS) is 15.5. The van der Waals surface area contributed by atoms with E-state index in [1.165, 1.54) is 0 Å². The summed E-state index contributed by atoms with van der Waals surface area (Å²) in [6, 6.07) is 29.6. The van der Waals surface area contributed by atoms with Crippen molar-refractivity contribution in [3.63, 3.8) is 0 Å². The van der Waals surface area contributed by atoms with Crippen LogP contribution in [0.25, 0.3) is 0 Å². The first-order valence-corrected chi connectivity index (χ1v) is 12.2. The Kier molecular flexibility index (Phi) is 8.17. The third kappa shape index (κ3) is 6.70. The fourth-order valence-corrected chi connectivity index (χ4v) is 5.09. The summed E-state index contributed by atoms with van der Waals surface area (Å²) >= 11 is 1.59. The zero-order chi connectivity index (χ0) is 22.9. The van der Waals surface area contributed by atoms with E-state index in [2.05, 4.69) is 10.2 Å². The van der Waals surface area contributed by atoms with Crippen molar-refractivity contribution in [3.8, 4) is 0 Å². The van der Waals surface area contributed by atoms with Gasteiger partial charge in [0.25, 0.3) is 0 Å². The Morgan fingerprint density at radius 3 is 2.12 bits per heavy atom. The molecule has 0 saturated carbocycles. The molecule has 3 aromatic carbocycles. The Hall–Kier alpha value is -3.09. The Bertz CT molecular complexity index is 1030. The quantitative estimate of drug-likeness (QED) is 0.521. The van der Waals surface area contributed by atoms with E-state index in [1.54, 1.807) is 11.8 Å². The van der Waals surface area contributed by atoms with Gasteiger partial charge in [0.15, 0.2) is 0 Å². The molecule has 1 saturated heterocycles. The lowest BCUT2D eigenvalue weighted by Crippen LogP contribution is -2.39. The van der Waals surface area contributed by atoms with Crippen molar-refractivity contribution in [3.05, 3.63) is 96.6 Å². The minimum atomic E-state index is -0.290. The number of rotatable bonds is 7. The van der Waals surface area contributed by atoms with Crippen LogP contribution in [0.15, 0.2) is 95.9 Å². The minimum absolute atomic E-state index is 0.0252. The predicted octanol–water partition coefficient (Wildman–Crippen LogP) is 4.69. The highest BCUT2D eigenvalue weighted by atomic mass is 32.2. The maximum Gasteiger partial charge on any atom is 0.240 e. The second-order valence-corrected chi connectivity index (χ2v) is 9.27. The molecule has 1 unspecified atom stereocenters. The molecule has 1 fully saturated rings. The van der Waals surface area contributed by atoms with Gasteiger partial charge in [-0.1, -0.05) is 66.7 Å². The molecule has 0 bridgehead atoms. The van der Waals surface area contributed by atoms with Crippen molar-refractivity contribution >= 4 is 29.3 Å². The van der Waals surface area contributed by atoms with Crippen molar-refractivity contribution in [1.82, 2.24) is 9.80 Å². The van der Waals surface area contributed by atoms with E-state index in [0.29, 0.717) is 26.2 Å². The summed E-state index contributed by atoms with van der Waals surface area (Å²) in [4.78, 5) is 31.3. The van der Waals surface area contributed by atoms with E-state index in [1.807, 2.05) is 95.9 Å². The standard InChI is InChI=1S/C27H29N3O2S/c31-25(28-23-13-6-2-7-14-23)21-29-17-10-18-30(20-19-29)27(32)26(22-11-4-1-5-12-22)33-24-15-8-3-9-16-24/h1-9,11-16,26H,10,17-21H2,(H,28,31). The number of carbonyl (C=O) groups excluding carboxylic acids is 2. The molecule has 170 valence electrons. The lowest BCUT2D eigenvalue weighted by Gasteiger charge is -2.26. The Morgan fingerprint density at radius 2 is 1.42 bits per heavy atom. The van der Waals surface area contributed by atoms with E-state index in [4.69, 9.17) is 0 Å². The molecule has 0 spiro atoms. The van der Waals surface area contributed by atoms with Crippen molar-refractivity contribution in [2.45, 2.75) is 16.6 Å². The number of para-hydroxylation sites is 1. The van der Waals surface area contributed by atoms with Crippen molar-refractivity contribution < 1.29 is 9.59 Å². The summed E-state index contributed by atoms with van der Waals surface area (Å²) < 4.78 is 0. The smallest absolute Gasteiger partial charge is 0.240 e. The fraction of sp³-hybridized carbons (Fsp3) is 0.259. The molecule has 1 aliphatic rings. The maximum absolute atomic E-state index is 13.6. The van der Waals surface area contributed by atoms with Gasteiger partial charge in [-0.05, 0) is 36.2 Å². The van der Waals surface area contributed by atoms with Crippen molar-refractivity contribution in [2.75, 3.05) is 38.0 Å². The highest BCUT2D eigenvalue weighted by molar-refractivity contribution is 8.00. The average molecular weight is 460 g/mol. The van der Waals surface area contributed by atoms with E-state index in [0.717, 1.165) is 29.1 Å². The highest BCUT2D eigenvalue weighted by Gasteiger charge is 2.28. The lowest BCUT2D eigenvalue weighted by molar-refractivity contribution is -0.130. The summed E-state index contributed by atoms with van der Waals surface area (Å²) in [5.74, 6) is 0.105. The van der Waals surface area contributed by atoms with Gasteiger partial charge in [0.05, 0.1) is 6.54 Å². The van der Waals surface area contributed by atoms with Gasteiger partial charge in [0.2, 0.25) is 11.8 Å². The highest BCUT2D eigenvalue weighted by Crippen LogP contribution is 2.36. The van der Waals surface area contributed by atoms with Gasteiger partial charge in [0.1, 0.15) is 5.25 Å². The molecule has 5 nitrogen and oxygen atoms in total. The second-order valence-electron chi connectivity index (χ2n) is 8.09. The first kappa shape index (κ1) is 23.1. The number of anilines is 1. The summed E-state index contributed by atoms with van der Waals surface area (Å²) in [6.07, 6.45) is 0.849. The second kappa shape index (κ2) is 11.7. The minimum Gasteiger partial charge on any atom is -0.340 e. The molecular weight excluding hydrogens is 430 g/mol. The third-order valence-corrected chi connectivity index (χ3v) is 6.90. The lowest BCUT2D eigenvalue weighted by atomic mass is 10.1. The third-order valence-electron chi connectivity index (χ3n) is 5.65. The van der Waals surface area contributed by atoms with Crippen LogP contribution in [0.3, 0.4) is 0 Å². The zero-order valence-corrected chi connectivity index (χ0v) is 19.4. The van der Waals surface area contributed by atoms with Crippen molar-refractivity contribution in [2.24, 2.45) is 0 Å². The molecule has 4 rings (SSSR count). The number of hydrogen-bond acceptors (Lipinski definition) is 4. The number of amides is 2. The van der Waals surface area contributed by atoms with Gasteiger partial charge in [-0.3, -0.25) is 14.5 Å². The number of carbonyl (C=O) groups is 2. The predicted molar refractivity (Wildman–Crippen MR) is 134 cm³/mol. The van der Waals surface area contributed by atoms with E-state index < -0.39 is 0 Å². The molecule has 0 aromatic heterocycles. The van der Waals surface area contributed by atoms with Gasteiger partial charge in [-0.2, -0.15) is 0 Å². The van der Waals surface area contributed by atoms with Gasteiger partial charge in [-0.15, -0.1) is 11.8 Å². The fourth-order valence-electron chi connectivity index (χ4n) is 3.96. The number of nitrogens with one attached hydrogen (secondary N) is 1. The molecule has 3 aromatic rings. The van der Waals surface area contributed by atoms with Crippen LogP contribution in [-0.2, 0) is 9.59 Å². The van der Waals surface area contributed by atoms with Crippen LogP contribution in [0.1, 0.15) is 17.2 Å². The summed E-state index contributed by atoms with van der Waals surface area (Å²) in [5, 5.41) is 2.66. The van der Waals surface area contributed by atoms with Crippen LogP contribution < -0.4 is 5.32 Å². The Balaban J connectivity index is 1.39. The van der Waals surface area contributed by atoms with Crippen LogP contribution in [0.5, 0.6) is 0 Å². The molecule has 1 N–H and O–H groups in total. The molecule has 1 aliphatic heterocycles. The van der Waals surface area contributed by atoms with E-state index >= 15 is 0 Å². The average Bonchev–Trinajstić information content (AvgIpc) is 3.09. The number of nitrogens with zero attached hydrogens (tertiary/aromatic N) is 2. The van der Waals surface area contributed by atoms with Crippen LogP contribution >= 0.6 is 11.8 Å². The molecule has 6 heteroatoms. The van der Waals surface area contributed by atoms with Gasteiger partial charge >= 0.3 is 0 Å². The summed E-state index contributed by atoms with van der Waals surface area (Å²) in [5.41, 5.74) is 1.82. The molecule has 33 heavy (non-hydrogen) atoms. The topological polar surface area (TPSA) is 52.7 Å². The molecule has 1 heterocycles. The largest absolute Gasteiger partial charge is 0.340 e. The van der Waals surface area contributed by atoms with E-state index in [-0.39, 0.29) is 17.1 Å². The SMILES string of the molecule is O=C(CN1CCCN(C(=O)C(Sc2ccccc2)c2ccccc2)CC1)Nc1ccccc1. The summed E-state index contributed by atoms with van der Waals surface area (Å²) in [7, 11) is 0. The first-order chi connectivity index (χ1) is 16.2. The maximum atomic E-state index is 13.6. The molecule has 0 radical (unpaired) electrons. The van der Waals surface area contributed by atoms with Crippen LogP contribution in [0.4, 0.5) is 5.69 Å². The van der Waals surface area contributed by atoms with Gasteiger partial charge in [0, 0.05) is 36.8 Å².